The highest BCUT2D eigenvalue weighted by molar-refractivity contribution is 9.10. The minimum atomic E-state index is 0.344. The minimum Gasteiger partial charge on any atom is -0.380 e. The lowest BCUT2D eigenvalue weighted by Crippen LogP contribution is -2.31. The molecule has 0 spiro atoms. The lowest BCUT2D eigenvalue weighted by atomic mass is 10.1. The van der Waals surface area contributed by atoms with Crippen LogP contribution in [0.25, 0.3) is 0 Å². The van der Waals surface area contributed by atoms with E-state index >= 15 is 0 Å². The van der Waals surface area contributed by atoms with Gasteiger partial charge in [-0.2, -0.15) is 5.26 Å². The van der Waals surface area contributed by atoms with Crippen molar-refractivity contribution in [1.82, 2.24) is 0 Å². The number of nitrogens with one attached hydrogen (secondary N) is 1. The monoisotopic (exact) mass is 282 g/mol. The predicted octanol–water partition coefficient (Wildman–Crippen LogP) is 3.64. The van der Waals surface area contributed by atoms with Crippen molar-refractivity contribution in [3.63, 3.8) is 0 Å². The van der Waals surface area contributed by atoms with E-state index in [4.69, 9.17) is 5.26 Å². The van der Waals surface area contributed by atoms with Crippen LogP contribution in [0.2, 0.25) is 0 Å². The second-order valence-corrected chi connectivity index (χ2v) is 5.79. The van der Waals surface area contributed by atoms with Crippen molar-refractivity contribution in [3.8, 4) is 6.07 Å². The van der Waals surface area contributed by atoms with Gasteiger partial charge in [-0.05, 0) is 25.1 Å². The van der Waals surface area contributed by atoms with E-state index in [9.17, 15) is 0 Å². The van der Waals surface area contributed by atoms with Gasteiger partial charge in [0.05, 0.1) is 6.07 Å². The van der Waals surface area contributed by atoms with Gasteiger partial charge in [0, 0.05) is 32.8 Å². The van der Waals surface area contributed by atoms with Crippen molar-refractivity contribution in [1.29, 1.82) is 5.26 Å². The molecule has 4 heteroatoms. The van der Waals surface area contributed by atoms with Crippen molar-refractivity contribution in [3.05, 3.63) is 22.7 Å². The molecule has 1 heterocycles. The smallest absolute Gasteiger partial charge is 0.0634 e. The Balaban J connectivity index is 2.26. The van der Waals surface area contributed by atoms with Gasteiger partial charge < -0.3 is 5.32 Å². The molecule has 1 aliphatic rings. The number of rotatable bonds is 1. The second-order valence-electron chi connectivity index (χ2n) is 3.59. The second kappa shape index (κ2) is 4.46. The van der Waals surface area contributed by atoms with Gasteiger partial charge in [-0.25, -0.2) is 0 Å². The average Bonchev–Trinajstić information content (AvgIpc) is 2.20. The van der Waals surface area contributed by atoms with E-state index in [2.05, 4.69) is 46.4 Å². The van der Waals surface area contributed by atoms with Gasteiger partial charge in [0.15, 0.2) is 0 Å². The van der Waals surface area contributed by atoms with Gasteiger partial charge in [-0.15, -0.1) is 11.8 Å². The molecular formula is C11H11BrN2S. The van der Waals surface area contributed by atoms with Crippen molar-refractivity contribution >= 4 is 33.4 Å². The Kier molecular flexibility index (Phi) is 3.22. The summed E-state index contributed by atoms with van der Waals surface area (Å²) in [5, 5.41) is 12.5. The summed E-state index contributed by atoms with van der Waals surface area (Å²) in [5.41, 5.74) is 1.16. The molecule has 1 aromatic carbocycles. The van der Waals surface area contributed by atoms with Crippen LogP contribution in [0.15, 0.2) is 27.6 Å². The molecule has 1 aromatic rings. The maximum Gasteiger partial charge on any atom is 0.0634 e. The number of nitrogens with zero attached hydrogens (tertiary/aromatic N) is 1. The topological polar surface area (TPSA) is 35.8 Å². The van der Waals surface area contributed by atoms with Gasteiger partial charge in [0.1, 0.15) is 0 Å². The highest BCUT2D eigenvalue weighted by Crippen LogP contribution is 2.40. The third-order valence-corrected chi connectivity index (χ3v) is 4.43. The van der Waals surface area contributed by atoms with Crippen LogP contribution in [0, 0.1) is 11.3 Å². The molecule has 1 aliphatic heterocycles. The summed E-state index contributed by atoms with van der Waals surface area (Å²) in [6.07, 6.45) is 0.592. The molecule has 2 unspecified atom stereocenters. The highest BCUT2D eigenvalue weighted by Gasteiger charge is 2.25. The quantitative estimate of drug-likeness (QED) is 0.854. The van der Waals surface area contributed by atoms with Crippen LogP contribution in [0.5, 0.6) is 0 Å². The number of anilines is 1. The first-order valence-corrected chi connectivity index (χ1v) is 6.47. The molecule has 2 nitrogen and oxygen atoms in total. The summed E-state index contributed by atoms with van der Waals surface area (Å²) < 4.78 is 1.08. The molecule has 2 rings (SSSR count). The lowest BCUT2D eigenvalue weighted by molar-refractivity contribution is 0.729. The first kappa shape index (κ1) is 10.8. The van der Waals surface area contributed by atoms with E-state index in [1.54, 1.807) is 11.8 Å². The summed E-state index contributed by atoms with van der Waals surface area (Å²) in [6.45, 7) is 2.12. The molecule has 0 aliphatic carbocycles. The van der Waals surface area contributed by atoms with E-state index in [0.29, 0.717) is 17.7 Å². The molecule has 2 atom stereocenters. The summed E-state index contributed by atoms with van der Waals surface area (Å²) in [4.78, 5) is 1.23. The number of thioether (sulfide) groups is 1. The van der Waals surface area contributed by atoms with Crippen molar-refractivity contribution in [2.24, 2.45) is 0 Å². The Morgan fingerprint density at radius 1 is 1.60 bits per heavy atom. The Labute approximate surface area is 102 Å². The third-order valence-electron chi connectivity index (χ3n) is 2.45. The van der Waals surface area contributed by atoms with Crippen LogP contribution >= 0.6 is 27.7 Å². The first-order chi connectivity index (χ1) is 7.20. The minimum absolute atomic E-state index is 0.344. The van der Waals surface area contributed by atoms with E-state index in [0.717, 1.165) is 10.2 Å². The van der Waals surface area contributed by atoms with E-state index in [-0.39, 0.29) is 0 Å². The SMILES string of the molecule is CC1Nc2cc(Br)ccc2SC1CC#N. The molecule has 0 radical (unpaired) electrons. The molecule has 0 bridgehead atoms. The van der Waals surface area contributed by atoms with E-state index in [1.807, 2.05) is 6.07 Å². The molecule has 0 fully saturated rings. The van der Waals surface area contributed by atoms with Gasteiger partial charge in [-0.1, -0.05) is 15.9 Å². The maximum atomic E-state index is 8.73. The number of hydrogen-bond donors (Lipinski definition) is 1. The third kappa shape index (κ3) is 2.30. The molecule has 0 amide bonds. The molecule has 0 saturated heterocycles. The largest absolute Gasteiger partial charge is 0.380 e. The van der Waals surface area contributed by atoms with Crippen molar-refractivity contribution in [2.45, 2.75) is 29.5 Å². The highest BCUT2D eigenvalue weighted by atomic mass is 79.9. The Morgan fingerprint density at radius 3 is 3.13 bits per heavy atom. The summed E-state index contributed by atoms with van der Waals surface area (Å²) in [6, 6.07) is 8.79. The number of benzene rings is 1. The fourth-order valence-electron chi connectivity index (χ4n) is 1.63. The first-order valence-electron chi connectivity index (χ1n) is 4.80. The number of fused-ring (bicyclic) bond motifs is 1. The van der Waals surface area contributed by atoms with E-state index in [1.165, 1.54) is 4.90 Å². The number of halogens is 1. The Bertz CT molecular complexity index is 414. The van der Waals surface area contributed by atoms with Crippen molar-refractivity contribution in [2.75, 3.05) is 5.32 Å². The predicted molar refractivity (Wildman–Crippen MR) is 67.1 cm³/mol. The maximum absolute atomic E-state index is 8.73. The number of hydrogen-bond acceptors (Lipinski definition) is 3. The Morgan fingerprint density at radius 2 is 2.40 bits per heavy atom. The molecule has 1 N–H and O–H groups in total. The van der Waals surface area contributed by atoms with Gasteiger partial charge in [0.25, 0.3) is 0 Å². The van der Waals surface area contributed by atoms with Crippen LogP contribution < -0.4 is 5.32 Å². The summed E-state index contributed by atoms with van der Waals surface area (Å²) >= 11 is 5.25. The van der Waals surface area contributed by atoms with Crippen LogP contribution in [-0.4, -0.2) is 11.3 Å². The number of nitriles is 1. The zero-order valence-electron chi connectivity index (χ0n) is 8.33. The molecule has 15 heavy (non-hydrogen) atoms. The average molecular weight is 283 g/mol. The molecule has 78 valence electrons. The van der Waals surface area contributed by atoms with E-state index < -0.39 is 0 Å². The zero-order valence-corrected chi connectivity index (χ0v) is 10.7. The van der Waals surface area contributed by atoms with Gasteiger partial charge in [-0.3, -0.25) is 0 Å². The fourth-order valence-corrected chi connectivity index (χ4v) is 3.14. The summed E-state index contributed by atoms with van der Waals surface area (Å²) in [5.74, 6) is 0. The van der Waals surface area contributed by atoms with Crippen molar-refractivity contribution < 1.29 is 0 Å². The molecule has 0 saturated carbocycles. The van der Waals surface area contributed by atoms with Crippen LogP contribution in [-0.2, 0) is 0 Å². The fraction of sp³-hybridized carbons (Fsp3) is 0.364. The zero-order chi connectivity index (χ0) is 10.8. The summed E-state index contributed by atoms with van der Waals surface area (Å²) in [7, 11) is 0. The standard InChI is InChI=1S/C11H11BrN2S/c1-7-10(4-5-13)15-11-3-2-8(12)6-9(11)14-7/h2-3,6-7,10,14H,4H2,1H3. The van der Waals surface area contributed by atoms with Crippen LogP contribution in [0.3, 0.4) is 0 Å². The lowest BCUT2D eigenvalue weighted by Gasteiger charge is -2.30. The molecular weight excluding hydrogens is 272 g/mol. The van der Waals surface area contributed by atoms with Gasteiger partial charge in [0.2, 0.25) is 0 Å². The molecule has 0 aromatic heterocycles. The van der Waals surface area contributed by atoms with Gasteiger partial charge >= 0.3 is 0 Å². The van der Waals surface area contributed by atoms with Crippen LogP contribution in [0.1, 0.15) is 13.3 Å². The Hall–Kier alpha value is -0.660. The van der Waals surface area contributed by atoms with Crippen LogP contribution in [0.4, 0.5) is 5.69 Å². The normalized spacial score (nSPS) is 23.8.